The molecule has 112 valence electrons. The molecule has 0 saturated carbocycles. The van der Waals surface area contributed by atoms with Gasteiger partial charge in [-0.15, -0.1) is 0 Å². The van der Waals surface area contributed by atoms with Crippen LogP contribution in [0.15, 0.2) is 12.3 Å². The van der Waals surface area contributed by atoms with Crippen LogP contribution < -0.4 is 10.2 Å². The Morgan fingerprint density at radius 1 is 1.50 bits per heavy atom. The lowest BCUT2D eigenvalue weighted by molar-refractivity contribution is 0.0383. The molecular formula is C16H27N3O. The largest absolute Gasteiger partial charge is 0.375 e. The summed E-state index contributed by atoms with van der Waals surface area (Å²) < 4.78 is 5.77. The second-order valence-electron chi connectivity index (χ2n) is 5.84. The number of aromatic nitrogens is 1. The number of hydrogen-bond donors (Lipinski definition) is 1. The number of anilines is 1. The van der Waals surface area contributed by atoms with E-state index in [4.69, 9.17) is 4.74 Å². The quantitative estimate of drug-likeness (QED) is 0.897. The van der Waals surface area contributed by atoms with Gasteiger partial charge >= 0.3 is 0 Å². The third-order valence-electron chi connectivity index (χ3n) is 3.73. The van der Waals surface area contributed by atoms with E-state index in [2.05, 4.69) is 49.0 Å². The van der Waals surface area contributed by atoms with Crippen molar-refractivity contribution in [2.75, 3.05) is 24.6 Å². The second kappa shape index (κ2) is 7.04. The summed E-state index contributed by atoms with van der Waals surface area (Å²) in [6, 6.07) is 2.69. The molecule has 1 aromatic heterocycles. The Morgan fingerprint density at radius 2 is 2.30 bits per heavy atom. The SMILES string of the molecule is CCC1CN(c2cc(C)ncc2CNC(C)C)CCO1. The maximum Gasteiger partial charge on any atom is 0.0748 e. The summed E-state index contributed by atoms with van der Waals surface area (Å²) in [5.74, 6) is 0. The van der Waals surface area contributed by atoms with Gasteiger partial charge in [-0.2, -0.15) is 0 Å². The van der Waals surface area contributed by atoms with Crippen molar-refractivity contribution in [2.45, 2.75) is 52.8 Å². The molecule has 1 N–H and O–H groups in total. The minimum atomic E-state index is 0.350. The fraction of sp³-hybridized carbons (Fsp3) is 0.688. The molecule has 0 amide bonds. The Bertz CT molecular complexity index is 434. The molecule has 0 spiro atoms. The zero-order chi connectivity index (χ0) is 14.5. The van der Waals surface area contributed by atoms with E-state index < -0.39 is 0 Å². The number of ether oxygens (including phenoxy) is 1. The highest BCUT2D eigenvalue weighted by atomic mass is 16.5. The number of hydrogen-bond acceptors (Lipinski definition) is 4. The van der Waals surface area contributed by atoms with Crippen molar-refractivity contribution in [3.63, 3.8) is 0 Å². The average Bonchev–Trinajstić information content (AvgIpc) is 2.46. The Kier molecular flexibility index (Phi) is 5.38. The van der Waals surface area contributed by atoms with Gasteiger partial charge in [-0.25, -0.2) is 0 Å². The van der Waals surface area contributed by atoms with E-state index >= 15 is 0 Å². The van der Waals surface area contributed by atoms with Gasteiger partial charge in [0.25, 0.3) is 0 Å². The van der Waals surface area contributed by atoms with E-state index in [1.165, 1.54) is 11.3 Å². The first-order valence-electron chi connectivity index (χ1n) is 7.65. The van der Waals surface area contributed by atoms with Gasteiger partial charge in [-0.1, -0.05) is 20.8 Å². The van der Waals surface area contributed by atoms with Crippen LogP contribution in [0.1, 0.15) is 38.4 Å². The first kappa shape index (κ1) is 15.3. The monoisotopic (exact) mass is 277 g/mol. The first-order valence-corrected chi connectivity index (χ1v) is 7.65. The number of rotatable bonds is 5. The predicted octanol–water partition coefficient (Wildman–Crippen LogP) is 2.50. The number of pyridine rings is 1. The fourth-order valence-corrected chi connectivity index (χ4v) is 2.50. The molecule has 1 fully saturated rings. The minimum Gasteiger partial charge on any atom is -0.375 e. The number of nitrogens with one attached hydrogen (secondary N) is 1. The number of morpholine rings is 1. The molecule has 0 aromatic carbocycles. The molecule has 4 heteroatoms. The Labute approximate surface area is 122 Å². The molecule has 0 radical (unpaired) electrons. The molecule has 2 rings (SSSR count). The third kappa shape index (κ3) is 3.93. The molecule has 1 saturated heterocycles. The van der Waals surface area contributed by atoms with Gasteiger partial charge in [-0.3, -0.25) is 4.98 Å². The van der Waals surface area contributed by atoms with Gasteiger partial charge in [0.1, 0.15) is 0 Å². The molecule has 1 aromatic rings. The van der Waals surface area contributed by atoms with E-state index in [1.807, 2.05) is 6.20 Å². The smallest absolute Gasteiger partial charge is 0.0748 e. The summed E-state index contributed by atoms with van der Waals surface area (Å²) in [5.41, 5.74) is 3.67. The van der Waals surface area contributed by atoms with Gasteiger partial charge in [0.05, 0.1) is 12.7 Å². The zero-order valence-electron chi connectivity index (χ0n) is 13.1. The molecule has 0 bridgehead atoms. The van der Waals surface area contributed by atoms with Crippen molar-refractivity contribution in [1.82, 2.24) is 10.3 Å². The van der Waals surface area contributed by atoms with E-state index in [9.17, 15) is 0 Å². The first-order chi connectivity index (χ1) is 9.60. The van der Waals surface area contributed by atoms with Crippen LogP contribution in [-0.2, 0) is 11.3 Å². The summed E-state index contributed by atoms with van der Waals surface area (Å²) >= 11 is 0. The lowest BCUT2D eigenvalue weighted by Crippen LogP contribution is -2.43. The summed E-state index contributed by atoms with van der Waals surface area (Å²) in [6.45, 7) is 12.2. The van der Waals surface area contributed by atoms with Crippen molar-refractivity contribution >= 4 is 5.69 Å². The van der Waals surface area contributed by atoms with Crippen LogP contribution >= 0.6 is 0 Å². The Balaban J connectivity index is 2.17. The van der Waals surface area contributed by atoms with Crippen molar-refractivity contribution in [1.29, 1.82) is 0 Å². The molecule has 4 nitrogen and oxygen atoms in total. The number of nitrogens with zero attached hydrogens (tertiary/aromatic N) is 2. The zero-order valence-corrected chi connectivity index (χ0v) is 13.1. The normalized spacial score (nSPS) is 19.6. The van der Waals surface area contributed by atoms with Crippen LogP contribution in [0, 0.1) is 6.92 Å². The van der Waals surface area contributed by atoms with Crippen LogP contribution in [0.3, 0.4) is 0 Å². The molecule has 1 aliphatic heterocycles. The highest BCUT2D eigenvalue weighted by molar-refractivity contribution is 5.54. The minimum absolute atomic E-state index is 0.350. The van der Waals surface area contributed by atoms with E-state index in [0.29, 0.717) is 12.1 Å². The van der Waals surface area contributed by atoms with Crippen LogP contribution in [0.25, 0.3) is 0 Å². The van der Waals surface area contributed by atoms with Gasteiger partial charge in [-0.05, 0) is 19.4 Å². The molecule has 1 unspecified atom stereocenters. The second-order valence-corrected chi connectivity index (χ2v) is 5.84. The maximum atomic E-state index is 5.77. The fourth-order valence-electron chi connectivity index (χ4n) is 2.50. The molecule has 0 aliphatic carbocycles. The number of aryl methyl sites for hydroxylation is 1. The Morgan fingerprint density at radius 3 is 3.00 bits per heavy atom. The summed E-state index contributed by atoms with van der Waals surface area (Å²) in [7, 11) is 0. The van der Waals surface area contributed by atoms with Crippen LogP contribution in [0.5, 0.6) is 0 Å². The average molecular weight is 277 g/mol. The Hall–Kier alpha value is -1.13. The van der Waals surface area contributed by atoms with Crippen LogP contribution in [-0.4, -0.2) is 36.8 Å². The third-order valence-corrected chi connectivity index (χ3v) is 3.73. The standard InChI is InChI=1S/C16H27N3O/c1-5-15-11-19(6-7-20-15)16-8-13(4)18-10-14(16)9-17-12(2)3/h8,10,12,15,17H,5-7,9,11H2,1-4H3. The van der Waals surface area contributed by atoms with Crippen molar-refractivity contribution in [3.8, 4) is 0 Å². The van der Waals surface area contributed by atoms with E-state index in [-0.39, 0.29) is 0 Å². The van der Waals surface area contributed by atoms with Crippen molar-refractivity contribution < 1.29 is 4.74 Å². The van der Waals surface area contributed by atoms with Crippen molar-refractivity contribution in [2.24, 2.45) is 0 Å². The highest BCUT2D eigenvalue weighted by Crippen LogP contribution is 2.24. The van der Waals surface area contributed by atoms with Gasteiger partial charge in [0.15, 0.2) is 0 Å². The van der Waals surface area contributed by atoms with Crippen LogP contribution in [0.4, 0.5) is 5.69 Å². The van der Waals surface area contributed by atoms with E-state index in [0.717, 1.165) is 38.4 Å². The lowest BCUT2D eigenvalue weighted by atomic mass is 10.1. The highest BCUT2D eigenvalue weighted by Gasteiger charge is 2.21. The topological polar surface area (TPSA) is 37.4 Å². The molecule has 1 atom stereocenters. The van der Waals surface area contributed by atoms with Crippen molar-refractivity contribution in [3.05, 3.63) is 23.5 Å². The predicted molar refractivity (Wildman–Crippen MR) is 83.2 cm³/mol. The van der Waals surface area contributed by atoms with Gasteiger partial charge in [0.2, 0.25) is 0 Å². The van der Waals surface area contributed by atoms with Gasteiger partial charge in [0, 0.05) is 48.8 Å². The van der Waals surface area contributed by atoms with Crippen LogP contribution in [0.2, 0.25) is 0 Å². The molecule has 20 heavy (non-hydrogen) atoms. The van der Waals surface area contributed by atoms with E-state index in [1.54, 1.807) is 0 Å². The maximum absolute atomic E-state index is 5.77. The van der Waals surface area contributed by atoms with Gasteiger partial charge < -0.3 is 15.0 Å². The summed E-state index contributed by atoms with van der Waals surface area (Å²) in [4.78, 5) is 6.90. The summed E-state index contributed by atoms with van der Waals surface area (Å²) in [6.07, 6.45) is 3.43. The lowest BCUT2D eigenvalue weighted by Gasteiger charge is -2.35. The summed E-state index contributed by atoms with van der Waals surface area (Å²) in [5, 5.41) is 3.49. The molecular weight excluding hydrogens is 250 g/mol. The molecule has 1 aliphatic rings. The molecule has 2 heterocycles.